The van der Waals surface area contributed by atoms with E-state index in [2.05, 4.69) is 22.6 Å². The van der Waals surface area contributed by atoms with Crippen LogP contribution in [0.2, 0.25) is 0 Å². The highest BCUT2D eigenvalue weighted by molar-refractivity contribution is 5.05. The number of methoxy groups -OCH3 is 2. The molecule has 0 aliphatic rings. The predicted molar refractivity (Wildman–Crippen MR) is 43.9 cm³/mol. The fraction of sp³-hybridized carbons (Fsp3) is 0.500. The standard InChI is InChI=1S/C5H8.C3H8O2/c1-4-5(2)3;1-4-3-5-2/h4H,1-2H2,3H3;3H2,1-2H3. The molecule has 0 N–H and O–H groups in total. The zero-order valence-electron chi connectivity index (χ0n) is 7.02. The van der Waals surface area contributed by atoms with E-state index in [9.17, 15) is 0 Å². The van der Waals surface area contributed by atoms with E-state index in [1.165, 1.54) is 0 Å². The van der Waals surface area contributed by atoms with E-state index in [1.807, 2.05) is 6.92 Å². The summed E-state index contributed by atoms with van der Waals surface area (Å²) in [6, 6.07) is 0. The highest BCUT2D eigenvalue weighted by Crippen LogP contribution is 1.81. The third-order valence-electron chi connectivity index (χ3n) is 0.584. The van der Waals surface area contributed by atoms with Gasteiger partial charge in [0.25, 0.3) is 0 Å². The summed E-state index contributed by atoms with van der Waals surface area (Å²) in [5.74, 6) is 0. The topological polar surface area (TPSA) is 18.5 Å². The Kier molecular flexibility index (Phi) is 13.6. The number of ether oxygens (including phenoxy) is 2. The molecule has 0 fully saturated rings. The molecule has 0 amide bonds. The molecular weight excluding hydrogens is 128 g/mol. The molecule has 60 valence electrons. The van der Waals surface area contributed by atoms with Crippen LogP contribution < -0.4 is 0 Å². The van der Waals surface area contributed by atoms with Crippen molar-refractivity contribution in [2.45, 2.75) is 6.92 Å². The first-order valence-electron chi connectivity index (χ1n) is 2.94. The third-order valence-corrected chi connectivity index (χ3v) is 0.584. The zero-order valence-corrected chi connectivity index (χ0v) is 7.02. The first-order chi connectivity index (χ1) is 4.68. The van der Waals surface area contributed by atoms with Gasteiger partial charge in [0.05, 0.1) is 0 Å². The second kappa shape index (κ2) is 11.2. The Morgan fingerprint density at radius 3 is 1.70 bits per heavy atom. The van der Waals surface area contributed by atoms with Crippen LogP contribution in [-0.4, -0.2) is 21.0 Å². The van der Waals surface area contributed by atoms with Crippen LogP contribution in [0.25, 0.3) is 0 Å². The largest absolute Gasteiger partial charge is 0.359 e. The summed E-state index contributed by atoms with van der Waals surface area (Å²) < 4.78 is 8.94. The van der Waals surface area contributed by atoms with Crippen molar-refractivity contribution in [3.63, 3.8) is 0 Å². The molecule has 0 bridgehead atoms. The quantitative estimate of drug-likeness (QED) is 0.445. The maximum atomic E-state index is 4.47. The molecule has 0 atom stereocenters. The van der Waals surface area contributed by atoms with Crippen LogP contribution in [0, 0.1) is 0 Å². The first kappa shape index (κ1) is 12.1. The van der Waals surface area contributed by atoms with Crippen molar-refractivity contribution in [3.05, 3.63) is 24.8 Å². The van der Waals surface area contributed by atoms with Crippen molar-refractivity contribution in [2.24, 2.45) is 0 Å². The van der Waals surface area contributed by atoms with Gasteiger partial charge in [-0.1, -0.05) is 24.8 Å². The molecule has 0 aliphatic heterocycles. The van der Waals surface area contributed by atoms with Gasteiger partial charge in [0, 0.05) is 14.2 Å². The minimum absolute atomic E-state index is 0.389. The Morgan fingerprint density at radius 1 is 1.40 bits per heavy atom. The van der Waals surface area contributed by atoms with Crippen LogP contribution in [0.3, 0.4) is 0 Å². The van der Waals surface area contributed by atoms with Gasteiger partial charge in [0.15, 0.2) is 0 Å². The number of allylic oxidation sites excluding steroid dienone is 2. The van der Waals surface area contributed by atoms with Gasteiger partial charge in [-0.3, -0.25) is 0 Å². The number of hydrogen-bond acceptors (Lipinski definition) is 2. The van der Waals surface area contributed by atoms with Gasteiger partial charge in [-0.25, -0.2) is 0 Å². The van der Waals surface area contributed by atoms with Gasteiger partial charge in [-0.2, -0.15) is 0 Å². The van der Waals surface area contributed by atoms with Crippen LogP contribution in [0.15, 0.2) is 24.8 Å². The SMILES string of the molecule is C=CC(=C)C.COCOC. The van der Waals surface area contributed by atoms with Crippen molar-refractivity contribution in [1.29, 1.82) is 0 Å². The van der Waals surface area contributed by atoms with Crippen molar-refractivity contribution in [1.82, 2.24) is 0 Å². The van der Waals surface area contributed by atoms with Crippen molar-refractivity contribution >= 4 is 0 Å². The average Bonchev–Trinajstić information content (AvgIpc) is 1.91. The van der Waals surface area contributed by atoms with Gasteiger partial charge in [-0.15, -0.1) is 0 Å². The Labute approximate surface area is 63.1 Å². The van der Waals surface area contributed by atoms with Crippen LogP contribution in [-0.2, 0) is 9.47 Å². The van der Waals surface area contributed by atoms with Gasteiger partial charge >= 0.3 is 0 Å². The monoisotopic (exact) mass is 144 g/mol. The highest BCUT2D eigenvalue weighted by atomic mass is 16.6. The van der Waals surface area contributed by atoms with E-state index in [0.717, 1.165) is 5.57 Å². The van der Waals surface area contributed by atoms with Crippen LogP contribution in [0.5, 0.6) is 0 Å². The van der Waals surface area contributed by atoms with Crippen LogP contribution in [0.4, 0.5) is 0 Å². The van der Waals surface area contributed by atoms with E-state index >= 15 is 0 Å². The fourth-order valence-corrected chi connectivity index (χ4v) is 0.118. The highest BCUT2D eigenvalue weighted by Gasteiger charge is 1.63. The lowest BCUT2D eigenvalue weighted by Crippen LogP contribution is -1.87. The molecule has 0 saturated heterocycles. The summed E-state index contributed by atoms with van der Waals surface area (Å²) in [6.07, 6.45) is 1.72. The minimum atomic E-state index is 0.389. The summed E-state index contributed by atoms with van der Waals surface area (Å²) in [6.45, 7) is 9.31. The van der Waals surface area contributed by atoms with E-state index in [1.54, 1.807) is 20.3 Å². The Hall–Kier alpha value is -0.600. The third kappa shape index (κ3) is 26.2. The average molecular weight is 144 g/mol. The fourth-order valence-electron chi connectivity index (χ4n) is 0.118. The lowest BCUT2D eigenvalue weighted by Gasteiger charge is -1.87. The summed E-state index contributed by atoms with van der Waals surface area (Å²) in [7, 11) is 3.17. The Morgan fingerprint density at radius 2 is 1.70 bits per heavy atom. The van der Waals surface area contributed by atoms with Crippen molar-refractivity contribution in [2.75, 3.05) is 21.0 Å². The van der Waals surface area contributed by atoms with Gasteiger partial charge in [0.2, 0.25) is 0 Å². The Bertz CT molecular complexity index is 85.3. The summed E-state index contributed by atoms with van der Waals surface area (Å²) in [5, 5.41) is 0. The lowest BCUT2D eigenvalue weighted by molar-refractivity contribution is -0.00271. The molecule has 0 heterocycles. The number of rotatable bonds is 3. The molecule has 10 heavy (non-hydrogen) atoms. The second-order valence-corrected chi connectivity index (χ2v) is 1.75. The van der Waals surface area contributed by atoms with Gasteiger partial charge < -0.3 is 9.47 Å². The van der Waals surface area contributed by atoms with E-state index in [4.69, 9.17) is 0 Å². The van der Waals surface area contributed by atoms with Crippen molar-refractivity contribution in [3.8, 4) is 0 Å². The predicted octanol–water partition coefficient (Wildman–Crippen LogP) is 1.99. The molecule has 0 unspecified atom stereocenters. The maximum absolute atomic E-state index is 4.47. The molecule has 0 aromatic carbocycles. The molecule has 0 spiro atoms. The number of hydrogen-bond donors (Lipinski definition) is 0. The molecule has 0 saturated carbocycles. The Balaban J connectivity index is 0. The zero-order chi connectivity index (χ0) is 8.41. The van der Waals surface area contributed by atoms with Gasteiger partial charge in [0.1, 0.15) is 6.79 Å². The van der Waals surface area contributed by atoms with E-state index in [0.29, 0.717) is 6.79 Å². The maximum Gasteiger partial charge on any atom is 0.145 e. The van der Waals surface area contributed by atoms with E-state index < -0.39 is 0 Å². The van der Waals surface area contributed by atoms with Crippen molar-refractivity contribution < 1.29 is 9.47 Å². The molecule has 0 radical (unpaired) electrons. The van der Waals surface area contributed by atoms with Crippen LogP contribution >= 0.6 is 0 Å². The molecule has 0 aliphatic carbocycles. The lowest BCUT2D eigenvalue weighted by atomic mass is 10.4. The molecule has 0 aromatic heterocycles. The molecule has 2 nitrogen and oxygen atoms in total. The summed E-state index contributed by atoms with van der Waals surface area (Å²) in [4.78, 5) is 0. The molecule has 2 heteroatoms. The van der Waals surface area contributed by atoms with Crippen LogP contribution in [0.1, 0.15) is 6.92 Å². The normalized spacial score (nSPS) is 7.50. The smallest absolute Gasteiger partial charge is 0.145 e. The van der Waals surface area contributed by atoms with E-state index in [-0.39, 0.29) is 0 Å². The summed E-state index contributed by atoms with van der Waals surface area (Å²) >= 11 is 0. The second-order valence-electron chi connectivity index (χ2n) is 1.75. The van der Waals surface area contributed by atoms with Gasteiger partial charge in [-0.05, 0) is 6.92 Å². The molecule has 0 aromatic rings. The molecule has 0 rings (SSSR count). The first-order valence-corrected chi connectivity index (χ1v) is 2.94. The molecular formula is C8H16O2. The minimum Gasteiger partial charge on any atom is -0.359 e. The summed E-state index contributed by atoms with van der Waals surface area (Å²) in [5.41, 5.74) is 1.02.